The van der Waals surface area contributed by atoms with E-state index in [2.05, 4.69) is 19.2 Å². The molecule has 1 amide bonds. The molecule has 0 saturated carbocycles. The van der Waals surface area contributed by atoms with Gasteiger partial charge in [-0.1, -0.05) is 19.9 Å². The van der Waals surface area contributed by atoms with Crippen molar-refractivity contribution in [1.29, 1.82) is 0 Å². The van der Waals surface area contributed by atoms with Gasteiger partial charge in [0.15, 0.2) is 0 Å². The minimum atomic E-state index is -3.54. The van der Waals surface area contributed by atoms with Gasteiger partial charge in [0.1, 0.15) is 10.3 Å². The van der Waals surface area contributed by atoms with Gasteiger partial charge in [-0.3, -0.25) is 4.79 Å². The smallest absolute Gasteiger partial charge is 0.253 e. The Kier molecular flexibility index (Phi) is 5.40. The van der Waals surface area contributed by atoms with E-state index in [-0.39, 0.29) is 5.91 Å². The molecule has 1 fully saturated rings. The topological polar surface area (TPSA) is 66.5 Å². The average molecular weight is 330 g/mol. The Hall–Kier alpha value is -0.920. The maximum atomic E-state index is 12.5. The van der Waals surface area contributed by atoms with Crippen molar-refractivity contribution in [3.8, 4) is 0 Å². The van der Waals surface area contributed by atoms with E-state index in [1.165, 1.54) is 15.6 Å². The highest BCUT2D eigenvalue weighted by Gasteiger charge is 2.39. The van der Waals surface area contributed by atoms with Gasteiger partial charge in [0, 0.05) is 13.1 Å². The molecule has 2 heterocycles. The highest BCUT2D eigenvalue weighted by Crippen LogP contribution is 2.28. The van der Waals surface area contributed by atoms with Crippen molar-refractivity contribution >= 4 is 27.3 Å². The van der Waals surface area contributed by atoms with Crippen LogP contribution in [0.5, 0.6) is 0 Å². The molecule has 2 rings (SSSR count). The number of thiophene rings is 1. The summed E-state index contributed by atoms with van der Waals surface area (Å²) in [5.41, 5.74) is 0. The molecule has 0 aromatic carbocycles. The average Bonchev–Trinajstić information content (AvgIpc) is 3.10. The summed E-state index contributed by atoms with van der Waals surface area (Å²) in [7, 11) is -3.54. The Bertz CT molecular complexity index is 567. The van der Waals surface area contributed by atoms with Gasteiger partial charge in [-0.25, -0.2) is 8.42 Å². The van der Waals surface area contributed by atoms with Gasteiger partial charge in [-0.15, -0.1) is 11.3 Å². The summed E-state index contributed by atoms with van der Waals surface area (Å²) < 4.78 is 26.8. The first-order valence-corrected chi connectivity index (χ1v) is 9.58. The summed E-state index contributed by atoms with van der Waals surface area (Å²) in [6, 6.07) is 2.74. The molecule has 1 saturated heterocycles. The number of rotatable bonds is 6. The predicted molar refractivity (Wildman–Crippen MR) is 83.7 cm³/mol. The van der Waals surface area contributed by atoms with Crippen LogP contribution in [0.1, 0.15) is 33.1 Å². The van der Waals surface area contributed by atoms with Crippen LogP contribution in [-0.4, -0.2) is 37.8 Å². The number of amides is 1. The zero-order chi connectivity index (χ0) is 15.5. The van der Waals surface area contributed by atoms with Crippen molar-refractivity contribution in [3.05, 3.63) is 17.5 Å². The Morgan fingerprint density at radius 2 is 2.29 bits per heavy atom. The molecule has 1 atom stereocenters. The predicted octanol–water partition coefficient (Wildman–Crippen LogP) is 2.06. The lowest BCUT2D eigenvalue weighted by Gasteiger charge is -2.22. The minimum Gasteiger partial charge on any atom is -0.355 e. The standard InChI is InChI=1S/C14H22N2O3S2/c1-11(2)7-8-15-14(17)12-5-3-9-16(12)21(18,19)13-6-4-10-20-13/h4,6,10-12H,3,5,7-9H2,1-2H3,(H,15,17). The molecule has 5 nitrogen and oxygen atoms in total. The van der Waals surface area contributed by atoms with Crippen LogP contribution in [0, 0.1) is 5.92 Å². The van der Waals surface area contributed by atoms with E-state index in [1.807, 2.05) is 0 Å². The summed E-state index contributed by atoms with van der Waals surface area (Å²) in [6.07, 6.45) is 2.22. The number of carbonyl (C=O) groups is 1. The molecule has 1 aliphatic heterocycles. The lowest BCUT2D eigenvalue weighted by atomic mass is 10.1. The van der Waals surface area contributed by atoms with Gasteiger partial charge in [-0.2, -0.15) is 4.31 Å². The Morgan fingerprint density at radius 1 is 1.52 bits per heavy atom. The molecule has 0 aliphatic carbocycles. The first-order valence-electron chi connectivity index (χ1n) is 7.26. The van der Waals surface area contributed by atoms with E-state index >= 15 is 0 Å². The van der Waals surface area contributed by atoms with E-state index in [4.69, 9.17) is 0 Å². The van der Waals surface area contributed by atoms with Gasteiger partial charge in [0.25, 0.3) is 10.0 Å². The molecule has 0 bridgehead atoms. The summed E-state index contributed by atoms with van der Waals surface area (Å²) >= 11 is 1.19. The quantitative estimate of drug-likeness (QED) is 0.868. The molecule has 0 radical (unpaired) electrons. The molecular formula is C14H22N2O3S2. The van der Waals surface area contributed by atoms with Gasteiger partial charge >= 0.3 is 0 Å². The largest absolute Gasteiger partial charge is 0.355 e. The van der Waals surface area contributed by atoms with Gasteiger partial charge in [0.2, 0.25) is 5.91 Å². The second-order valence-electron chi connectivity index (χ2n) is 5.68. The van der Waals surface area contributed by atoms with Gasteiger partial charge in [0.05, 0.1) is 0 Å². The van der Waals surface area contributed by atoms with E-state index in [0.717, 1.165) is 12.8 Å². The Balaban J connectivity index is 2.05. The SMILES string of the molecule is CC(C)CCNC(=O)C1CCCN1S(=O)(=O)c1cccs1. The van der Waals surface area contributed by atoms with E-state index in [0.29, 0.717) is 29.6 Å². The van der Waals surface area contributed by atoms with Crippen LogP contribution >= 0.6 is 11.3 Å². The van der Waals surface area contributed by atoms with Crippen LogP contribution in [0.2, 0.25) is 0 Å². The highest BCUT2D eigenvalue weighted by atomic mass is 32.2. The molecule has 1 unspecified atom stereocenters. The third-order valence-electron chi connectivity index (χ3n) is 3.59. The number of carbonyl (C=O) groups excluding carboxylic acids is 1. The zero-order valence-corrected chi connectivity index (χ0v) is 14.0. The van der Waals surface area contributed by atoms with Gasteiger partial charge < -0.3 is 5.32 Å². The molecular weight excluding hydrogens is 308 g/mol. The van der Waals surface area contributed by atoms with Crippen LogP contribution in [0.3, 0.4) is 0 Å². The number of nitrogens with zero attached hydrogens (tertiary/aromatic N) is 1. The lowest BCUT2D eigenvalue weighted by Crippen LogP contribution is -2.46. The number of nitrogens with one attached hydrogen (secondary N) is 1. The van der Waals surface area contributed by atoms with Crippen LogP contribution in [0.25, 0.3) is 0 Å². The summed E-state index contributed by atoms with van der Waals surface area (Å²) in [4.78, 5) is 12.2. The Labute approximate surface area is 130 Å². The molecule has 1 aromatic heterocycles. The fourth-order valence-electron chi connectivity index (χ4n) is 2.42. The Morgan fingerprint density at radius 3 is 2.90 bits per heavy atom. The highest BCUT2D eigenvalue weighted by molar-refractivity contribution is 7.91. The van der Waals surface area contributed by atoms with Crippen molar-refractivity contribution in [3.63, 3.8) is 0 Å². The molecule has 1 N–H and O–H groups in total. The van der Waals surface area contributed by atoms with Crippen molar-refractivity contribution in [2.24, 2.45) is 5.92 Å². The second kappa shape index (κ2) is 6.89. The van der Waals surface area contributed by atoms with E-state index in [9.17, 15) is 13.2 Å². The molecule has 21 heavy (non-hydrogen) atoms. The first kappa shape index (κ1) is 16.5. The maximum Gasteiger partial charge on any atom is 0.253 e. The fourth-order valence-corrected chi connectivity index (χ4v) is 5.19. The zero-order valence-electron chi connectivity index (χ0n) is 12.4. The third kappa shape index (κ3) is 3.84. The van der Waals surface area contributed by atoms with E-state index in [1.54, 1.807) is 17.5 Å². The maximum absolute atomic E-state index is 12.5. The van der Waals surface area contributed by atoms with Crippen molar-refractivity contribution in [2.75, 3.05) is 13.1 Å². The molecule has 0 spiro atoms. The first-order chi connectivity index (χ1) is 9.93. The normalized spacial score (nSPS) is 20.0. The number of hydrogen-bond donors (Lipinski definition) is 1. The summed E-state index contributed by atoms with van der Waals surface area (Å²) in [6.45, 7) is 5.20. The van der Waals surface area contributed by atoms with E-state index < -0.39 is 16.1 Å². The van der Waals surface area contributed by atoms with Crippen molar-refractivity contribution in [1.82, 2.24) is 9.62 Å². The van der Waals surface area contributed by atoms with Crippen molar-refractivity contribution < 1.29 is 13.2 Å². The monoisotopic (exact) mass is 330 g/mol. The molecule has 1 aromatic rings. The molecule has 7 heteroatoms. The summed E-state index contributed by atoms with van der Waals surface area (Å²) in [5.74, 6) is 0.341. The van der Waals surface area contributed by atoms with Crippen LogP contribution in [0.15, 0.2) is 21.7 Å². The third-order valence-corrected chi connectivity index (χ3v) is 6.87. The molecule has 118 valence electrons. The van der Waals surface area contributed by atoms with Gasteiger partial charge in [-0.05, 0) is 36.6 Å². The fraction of sp³-hybridized carbons (Fsp3) is 0.643. The second-order valence-corrected chi connectivity index (χ2v) is 8.74. The number of hydrogen-bond acceptors (Lipinski definition) is 4. The van der Waals surface area contributed by atoms with Crippen LogP contribution in [0.4, 0.5) is 0 Å². The number of sulfonamides is 1. The molecule has 1 aliphatic rings. The van der Waals surface area contributed by atoms with Crippen LogP contribution < -0.4 is 5.32 Å². The summed E-state index contributed by atoms with van der Waals surface area (Å²) in [5, 5.41) is 4.60. The van der Waals surface area contributed by atoms with Crippen LogP contribution in [-0.2, 0) is 14.8 Å². The lowest BCUT2D eigenvalue weighted by molar-refractivity contribution is -0.124. The minimum absolute atomic E-state index is 0.173. The van der Waals surface area contributed by atoms with Crippen molar-refractivity contribution in [2.45, 2.75) is 43.4 Å².